The maximum Gasteiger partial charge on any atom is 0.317 e. The fourth-order valence-corrected chi connectivity index (χ4v) is 4.74. The van der Waals surface area contributed by atoms with Crippen molar-refractivity contribution < 1.29 is 19.5 Å². The molecule has 1 saturated heterocycles. The summed E-state index contributed by atoms with van der Waals surface area (Å²) in [4.78, 5) is 37.5. The quantitative estimate of drug-likeness (QED) is 0.702. The largest absolute Gasteiger partial charge is 0.481 e. The molecule has 0 spiro atoms. The van der Waals surface area contributed by atoms with Gasteiger partial charge in [-0.3, -0.25) is 9.59 Å². The highest BCUT2D eigenvalue weighted by Crippen LogP contribution is 2.48. The molecule has 3 aliphatic rings. The van der Waals surface area contributed by atoms with Crippen LogP contribution in [-0.4, -0.2) is 53.6 Å². The predicted octanol–water partition coefficient (Wildman–Crippen LogP) is 1.72. The van der Waals surface area contributed by atoms with Gasteiger partial charge in [-0.25, -0.2) is 4.79 Å². The summed E-state index contributed by atoms with van der Waals surface area (Å²) in [5.74, 6) is -0.741. The van der Waals surface area contributed by atoms with Crippen molar-refractivity contribution in [2.24, 2.45) is 11.3 Å². The Morgan fingerprint density at radius 1 is 1.08 bits per heavy atom. The summed E-state index contributed by atoms with van der Waals surface area (Å²) in [5.41, 5.74) is -0.754. The normalized spacial score (nSPS) is 29.3. The zero-order valence-corrected chi connectivity index (χ0v) is 14.8. The van der Waals surface area contributed by atoms with Gasteiger partial charge in [0.25, 0.3) is 0 Å². The van der Waals surface area contributed by atoms with E-state index in [4.69, 9.17) is 0 Å². The van der Waals surface area contributed by atoms with Gasteiger partial charge in [0, 0.05) is 32.1 Å². The predicted molar refractivity (Wildman–Crippen MR) is 92.0 cm³/mol. The summed E-state index contributed by atoms with van der Waals surface area (Å²) < 4.78 is 0. The van der Waals surface area contributed by atoms with E-state index in [1.165, 1.54) is 19.3 Å². The van der Waals surface area contributed by atoms with Crippen molar-refractivity contribution in [3.8, 4) is 0 Å². The fourth-order valence-electron chi connectivity index (χ4n) is 4.74. The summed E-state index contributed by atoms with van der Waals surface area (Å²) >= 11 is 0. The molecule has 3 N–H and O–H groups in total. The van der Waals surface area contributed by atoms with E-state index in [1.807, 2.05) is 0 Å². The summed E-state index contributed by atoms with van der Waals surface area (Å²) in [6.07, 6.45) is 8.40. The number of rotatable bonds is 5. The monoisotopic (exact) mass is 351 g/mol. The maximum absolute atomic E-state index is 12.3. The number of carbonyl (C=O) groups excluding carboxylic acids is 2. The van der Waals surface area contributed by atoms with Crippen molar-refractivity contribution in [3.05, 3.63) is 0 Å². The van der Waals surface area contributed by atoms with E-state index in [1.54, 1.807) is 4.90 Å². The number of likely N-dealkylation sites (tertiary alicyclic amines) is 1. The topological polar surface area (TPSA) is 98.7 Å². The highest BCUT2D eigenvalue weighted by atomic mass is 16.4. The molecule has 2 aliphatic carbocycles. The number of hydrogen-bond acceptors (Lipinski definition) is 3. The molecule has 3 amide bonds. The molecule has 0 unspecified atom stereocenters. The lowest BCUT2D eigenvalue weighted by Crippen LogP contribution is -2.43. The number of carboxylic acid groups (broad SMARTS) is 1. The van der Waals surface area contributed by atoms with Crippen LogP contribution in [0.2, 0.25) is 0 Å². The van der Waals surface area contributed by atoms with Gasteiger partial charge in [-0.15, -0.1) is 0 Å². The van der Waals surface area contributed by atoms with Gasteiger partial charge in [0.1, 0.15) is 0 Å². The third kappa shape index (κ3) is 3.90. The summed E-state index contributed by atoms with van der Waals surface area (Å²) in [6.45, 7) is 1.08. The van der Waals surface area contributed by atoms with Gasteiger partial charge in [-0.05, 0) is 31.6 Å². The average Bonchev–Trinajstić information content (AvgIpc) is 3.14. The van der Waals surface area contributed by atoms with E-state index in [2.05, 4.69) is 10.6 Å². The minimum Gasteiger partial charge on any atom is -0.481 e. The van der Waals surface area contributed by atoms with Crippen molar-refractivity contribution in [3.63, 3.8) is 0 Å². The van der Waals surface area contributed by atoms with Gasteiger partial charge >= 0.3 is 12.0 Å². The number of nitrogens with zero attached hydrogens (tertiary/aromatic N) is 1. The zero-order chi connectivity index (χ0) is 17.9. The first kappa shape index (κ1) is 18.0. The first-order valence-electron chi connectivity index (χ1n) is 9.57. The molecule has 0 radical (unpaired) electrons. The Hall–Kier alpha value is -1.79. The summed E-state index contributed by atoms with van der Waals surface area (Å²) in [6, 6.07) is 0.0332. The van der Waals surface area contributed by atoms with Crippen LogP contribution in [0.5, 0.6) is 0 Å². The zero-order valence-electron chi connectivity index (χ0n) is 14.8. The Labute approximate surface area is 148 Å². The van der Waals surface area contributed by atoms with Gasteiger partial charge in [0.05, 0.1) is 5.41 Å². The van der Waals surface area contributed by atoms with Crippen molar-refractivity contribution in [1.29, 1.82) is 0 Å². The Morgan fingerprint density at radius 2 is 1.84 bits per heavy atom. The number of amides is 3. The summed E-state index contributed by atoms with van der Waals surface area (Å²) in [5, 5.41) is 15.4. The molecular weight excluding hydrogens is 322 g/mol. The number of nitrogens with one attached hydrogen (secondary N) is 2. The summed E-state index contributed by atoms with van der Waals surface area (Å²) in [7, 11) is 0. The van der Waals surface area contributed by atoms with E-state index in [9.17, 15) is 19.5 Å². The molecule has 7 heteroatoms. The smallest absolute Gasteiger partial charge is 0.317 e. The Kier molecular flexibility index (Phi) is 5.49. The highest BCUT2D eigenvalue weighted by molar-refractivity contribution is 5.81. The SMILES string of the molecule is O=C(CCNC(=O)N1C[C@@H]2CCC[C@@]2(C(=O)O)C1)NC1CCCCC1. The second-order valence-corrected chi connectivity index (χ2v) is 7.82. The molecular formula is C18H29N3O4. The van der Waals surface area contributed by atoms with Crippen molar-refractivity contribution in [1.82, 2.24) is 15.5 Å². The Bertz CT molecular complexity index is 532. The van der Waals surface area contributed by atoms with E-state index in [-0.39, 0.29) is 36.9 Å². The van der Waals surface area contributed by atoms with Crippen LogP contribution in [0.25, 0.3) is 0 Å². The number of aliphatic carboxylic acids is 1. The highest BCUT2D eigenvalue weighted by Gasteiger charge is 2.55. The number of carbonyl (C=O) groups is 3. The van der Waals surface area contributed by atoms with Crippen LogP contribution in [-0.2, 0) is 9.59 Å². The first-order valence-corrected chi connectivity index (χ1v) is 9.57. The number of urea groups is 1. The van der Waals surface area contributed by atoms with Crippen LogP contribution in [0.1, 0.15) is 57.8 Å². The number of fused-ring (bicyclic) bond motifs is 1. The molecule has 2 atom stereocenters. The standard InChI is InChI=1S/C18H29N3O4/c22-15(20-14-6-2-1-3-7-14)8-10-19-17(25)21-11-13-5-4-9-18(13,12-21)16(23)24/h13-14H,1-12H2,(H,19,25)(H,20,22)(H,23,24)/t13-,18+/m0/s1. The molecule has 3 fully saturated rings. The molecule has 1 heterocycles. The second-order valence-electron chi connectivity index (χ2n) is 7.82. The van der Waals surface area contributed by atoms with Crippen LogP contribution >= 0.6 is 0 Å². The molecule has 0 aromatic carbocycles. The van der Waals surface area contributed by atoms with E-state index in [0.717, 1.165) is 25.7 Å². The number of hydrogen-bond donors (Lipinski definition) is 3. The van der Waals surface area contributed by atoms with E-state index < -0.39 is 11.4 Å². The van der Waals surface area contributed by atoms with Crippen LogP contribution in [0, 0.1) is 11.3 Å². The van der Waals surface area contributed by atoms with Crippen LogP contribution in [0.15, 0.2) is 0 Å². The average molecular weight is 351 g/mol. The molecule has 0 aromatic rings. The Balaban J connectivity index is 1.40. The minimum atomic E-state index is -0.780. The van der Waals surface area contributed by atoms with Gasteiger partial charge in [0.15, 0.2) is 0 Å². The van der Waals surface area contributed by atoms with Crippen LogP contribution in [0.4, 0.5) is 4.79 Å². The third-order valence-electron chi connectivity index (χ3n) is 6.18. The fraction of sp³-hybridized carbons (Fsp3) is 0.833. The molecule has 0 aromatic heterocycles. The molecule has 25 heavy (non-hydrogen) atoms. The third-order valence-corrected chi connectivity index (χ3v) is 6.18. The first-order chi connectivity index (χ1) is 12.0. The van der Waals surface area contributed by atoms with E-state index in [0.29, 0.717) is 19.5 Å². The van der Waals surface area contributed by atoms with Gasteiger partial charge < -0.3 is 20.6 Å². The lowest BCUT2D eigenvalue weighted by atomic mass is 9.81. The van der Waals surface area contributed by atoms with E-state index >= 15 is 0 Å². The lowest BCUT2D eigenvalue weighted by molar-refractivity contribution is -0.149. The molecule has 0 bridgehead atoms. The Morgan fingerprint density at radius 3 is 2.52 bits per heavy atom. The van der Waals surface area contributed by atoms with Crippen molar-refractivity contribution in [2.45, 2.75) is 63.8 Å². The van der Waals surface area contributed by atoms with Crippen molar-refractivity contribution in [2.75, 3.05) is 19.6 Å². The van der Waals surface area contributed by atoms with Gasteiger partial charge in [-0.1, -0.05) is 25.7 Å². The van der Waals surface area contributed by atoms with Gasteiger partial charge in [0.2, 0.25) is 5.91 Å². The molecule has 1 aliphatic heterocycles. The second kappa shape index (κ2) is 7.62. The molecule has 2 saturated carbocycles. The number of carboxylic acids is 1. The minimum absolute atomic E-state index is 0.0208. The van der Waals surface area contributed by atoms with Gasteiger partial charge in [-0.2, -0.15) is 0 Å². The maximum atomic E-state index is 12.3. The van der Waals surface area contributed by atoms with Crippen LogP contribution < -0.4 is 10.6 Å². The van der Waals surface area contributed by atoms with Crippen molar-refractivity contribution >= 4 is 17.9 Å². The molecule has 3 rings (SSSR count). The lowest BCUT2D eigenvalue weighted by Gasteiger charge is -2.24. The molecule has 7 nitrogen and oxygen atoms in total. The molecule has 140 valence electrons. The van der Waals surface area contributed by atoms with Crippen LogP contribution in [0.3, 0.4) is 0 Å².